The van der Waals surface area contributed by atoms with Gasteiger partial charge < -0.3 is 4.74 Å². The number of carbonyl (C=O) groups is 2. The van der Waals surface area contributed by atoms with E-state index >= 15 is 0 Å². The number of ether oxygens (including phenoxy) is 1. The van der Waals surface area contributed by atoms with E-state index in [1.165, 1.54) is 44.9 Å². The molecule has 1 atom stereocenters. The minimum absolute atomic E-state index is 0.0837. The SMILES string of the molecule is CCCCCCCCCCCCOC(=O)C(CCCC)(CC(=O)c1c(C)cc(C)cc1C)P=O. The summed E-state index contributed by atoms with van der Waals surface area (Å²) >= 11 is 0. The standard InChI is InChI=1S/C29H47O4P/c1-6-8-10-11-12-13-14-15-16-17-19-33-28(31)29(34-32,18-9-7-2)22-26(30)27-24(4)20-23(3)21-25(27)5/h20-21H,6-19,22H2,1-5H3. The number of ketones is 1. The van der Waals surface area contributed by atoms with Crippen LogP contribution in [0.2, 0.25) is 0 Å². The Kier molecular flexibility index (Phi) is 15.2. The Balaban J connectivity index is 2.61. The van der Waals surface area contributed by atoms with Crippen molar-refractivity contribution in [2.45, 2.75) is 130 Å². The fourth-order valence-electron chi connectivity index (χ4n) is 4.71. The van der Waals surface area contributed by atoms with Crippen LogP contribution in [-0.2, 0) is 14.1 Å². The molecule has 0 heterocycles. The average molecular weight is 491 g/mol. The first-order valence-electron chi connectivity index (χ1n) is 13.4. The first-order valence-corrected chi connectivity index (χ1v) is 14.2. The van der Waals surface area contributed by atoms with Gasteiger partial charge in [0.1, 0.15) is 0 Å². The van der Waals surface area contributed by atoms with Crippen LogP contribution in [0.1, 0.15) is 131 Å². The Labute approximate surface area is 209 Å². The number of aryl methyl sites for hydroxylation is 3. The van der Waals surface area contributed by atoms with E-state index in [4.69, 9.17) is 4.74 Å². The van der Waals surface area contributed by atoms with Crippen molar-refractivity contribution in [3.05, 3.63) is 34.4 Å². The fourth-order valence-corrected chi connectivity index (χ4v) is 5.31. The molecule has 0 aliphatic carbocycles. The van der Waals surface area contributed by atoms with Gasteiger partial charge in [-0.1, -0.05) is 102 Å². The molecular weight excluding hydrogens is 443 g/mol. The number of Topliss-reactive ketones (excluding diaryl/α,β-unsaturated/α-hetero) is 1. The summed E-state index contributed by atoms with van der Waals surface area (Å²) in [6, 6.07) is 3.96. The van der Waals surface area contributed by atoms with Crippen molar-refractivity contribution in [2.24, 2.45) is 0 Å². The zero-order valence-electron chi connectivity index (χ0n) is 22.3. The van der Waals surface area contributed by atoms with Crippen molar-refractivity contribution in [3.8, 4) is 0 Å². The zero-order valence-corrected chi connectivity index (χ0v) is 23.2. The molecule has 0 fully saturated rings. The predicted octanol–water partition coefficient (Wildman–Crippen LogP) is 8.87. The molecular formula is C29H47O4P. The van der Waals surface area contributed by atoms with Crippen molar-refractivity contribution in [1.29, 1.82) is 0 Å². The highest BCUT2D eigenvalue weighted by Crippen LogP contribution is 2.37. The molecule has 34 heavy (non-hydrogen) atoms. The lowest BCUT2D eigenvalue weighted by molar-refractivity contribution is -0.147. The van der Waals surface area contributed by atoms with Crippen molar-refractivity contribution in [2.75, 3.05) is 6.61 Å². The molecule has 0 N–H and O–H groups in total. The topological polar surface area (TPSA) is 60.4 Å². The Bertz CT molecular complexity index is 750. The lowest BCUT2D eigenvalue weighted by Gasteiger charge is -2.25. The van der Waals surface area contributed by atoms with E-state index in [1.54, 1.807) is 0 Å². The molecule has 0 aliphatic rings. The maximum Gasteiger partial charge on any atom is 0.324 e. The fraction of sp³-hybridized carbons (Fsp3) is 0.724. The lowest BCUT2D eigenvalue weighted by Crippen LogP contribution is -2.37. The van der Waals surface area contributed by atoms with Gasteiger partial charge in [-0.15, -0.1) is 0 Å². The third-order valence-corrected chi connectivity index (χ3v) is 7.55. The highest BCUT2D eigenvalue weighted by molar-refractivity contribution is 7.28. The lowest BCUT2D eigenvalue weighted by atomic mass is 9.88. The molecule has 1 aromatic rings. The first kappa shape index (κ1) is 30.5. The Morgan fingerprint density at radius 2 is 1.29 bits per heavy atom. The van der Waals surface area contributed by atoms with Crippen LogP contribution in [0.15, 0.2) is 12.1 Å². The van der Waals surface area contributed by atoms with E-state index in [-0.39, 0.29) is 20.7 Å². The Hall–Kier alpha value is -1.54. The first-order chi connectivity index (χ1) is 16.3. The van der Waals surface area contributed by atoms with Crippen molar-refractivity contribution < 1.29 is 18.9 Å². The van der Waals surface area contributed by atoms with Crippen LogP contribution in [0.3, 0.4) is 0 Å². The second-order valence-electron chi connectivity index (χ2n) is 9.92. The second-order valence-corrected chi connectivity index (χ2v) is 11.0. The van der Waals surface area contributed by atoms with Crippen LogP contribution in [0, 0.1) is 20.8 Å². The molecule has 4 nitrogen and oxygen atoms in total. The van der Waals surface area contributed by atoms with Gasteiger partial charge in [0.05, 0.1) is 6.61 Å². The molecule has 192 valence electrons. The van der Waals surface area contributed by atoms with Gasteiger partial charge in [0.15, 0.2) is 19.4 Å². The zero-order chi connectivity index (χ0) is 25.4. The molecule has 0 amide bonds. The normalized spacial score (nSPS) is 13.1. The summed E-state index contributed by atoms with van der Waals surface area (Å²) in [5.74, 6) is -0.630. The monoisotopic (exact) mass is 490 g/mol. The Morgan fingerprint density at radius 1 is 0.794 bits per heavy atom. The van der Waals surface area contributed by atoms with Gasteiger partial charge in [-0.25, -0.2) is 0 Å². The van der Waals surface area contributed by atoms with E-state index < -0.39 is 11.1 Å². The molecule has 0 saturated carbocycles. The van der Waals surface area contributed by atoms with Crippen molar-refractivity contribution >= 4 is 20.2 Å². The molecule has 0 aliphatic heterocycles. The Morgan fingerprint density at radius 3 is 1.79 bits per heavy atom. The number of esters is 1. The molecule has 0 radical (unpaired) electrons. The highest BCUT2D eigenvalue weighted by Gasteiger charge is 2.43. The number of benzene rings is 1. The summed E-state index contributed by atoms with van der Waals surface area (Å²) in [5, 5.41) is -1.30. The third kappa shape index (κ3) is 10.4. The highest BCUT2D eigenvalue weighted by atomic mass is 31.1. The molecule has 0 spiro atoms. The van der Waals surface area contributed by atoms with Crippen LogP contribution in [-0.4, -0.2) is 23.5 Å². The van der Waals surface area contributed by atoms with Gasteiger partial charge in [0.2, 0.25) is 0 Å². The summed E-state index contributed by atoms with van der Waals surface area (Å²) in [4.78, 5) is 26.3. The third-order valence-electron chi connectivity index (χ3n) is 6.64. The minimum atomic E-state index is -1.30. The van der Waals surface area contributed by atoms with E-state index in [1.807, 2.05) is 39.8 Å². The summed E-state index contributed by atoms with van der Waals surface area (Å²) in [5.41, 5.74) is 3.53. The van der Waals surface area contributed by atoms with Crippen LogP contribution >= 0.6 is 8.46 Å². The van der Waals surface area contributed by atoms with E-state index in [0.717, 1.165) is 48.8 Å². The summed E-state index contributed by atoms with van der Waals surface area (Å²) in [7, 11) is -0.327. The summed E-state index contributed by atoms with van der Waals surface area (Å²) in [6.45, 7) is 10.4. The summed E-state index contributed by atoms with van der Waals surface area (Å²) < 4.78 is 17.9. The molecule has 1 aromatic carbocycles. The maximum absolute atomic E-state index is 13.2. The van der Waals surface area contributed by atoms with Gasteiger partial charge in [-0.3, -0.25) is 14.2 Å². The van der Waals surface area contributed by atoms with Gasteiger partial charge in [0.25, 0.3) is 0 Å². The van der Waals surface area contributed by atoms with Crippen molar-refractivity contribution in [1.82, 2.24) is 0 Å². The van der Waals surface area contributed by atoms with Crippen LogP contribution in [0.5, 0.6) is 0 Å². The molecule has 0 aromatic heterocycles. The number of carbonyl (C=O) groups excluding carboxylic acids is 2. The smallest absolute Gasteiger partial charge is 0.324 e. The number of rotatable bonds is 19. The molecule has 5 heteroatoms. The van der Waals surface area contributed by atoms with E-state index in [2.05, 4.69) is 6.92 Å². The predicted molar refractivity (Wildman–Crippen MR) is 142 cm³/mol. The van der Waals surface area contributed by atoms with E-state index in [9.17, 15) is 14.2 Å². The van der Waals surface area contributed by atoms with Gasteiger partial charge in [-0.05, 0) is 44.7 Å². The number of hydrogen-bond acceptors (Lipinski definition) is 4. The summed E-state index contributed by atoms with van der Waals surface area (Å²) in [6.07, 6.45) is 14.0. The number of unbranched alkanes of at least 4 members (excludes halogenated alkanes) is 10. The molecule has 0 saturated heterocycles. The van der Waals surface area contributed by atoms with Gasteiger partial charge in [0, 0.05) is 12.0 Å². The minimum Gasteiger partial charge on any atom is -0.465 e. The maximum atomic E-state index is 13.2. The quantitative estimate of drug-likeness (QED) is 0.0841. The van der Waals surface area contributed by atoms with Crippen molar-refractivity contribution in [3.63, 3.8) is 0 Å². The molecule has 1 rings (SSSR count). The second kappa shape index (κ2) is 17.0. The van der Waals surface area contributed by atoms with E-state index in [0.29, 0.717) is 18.6 Å². The van der Waals surface area contributed by atoms with Gasteiger partial charge in [-0.2, -0.15) is 0 Å². The molecule has 0 bridgehead atoms. The number of hydrogen-bond donors (Lipinski definition) is 0. The average Bonchev–Trinajstić information content (AvgIpc) is 2.79. The van der Waals surface area contributed by atoms with Gasteiger partial charge >= 0.3 is 5.97 Å². The van der Waals surface area contributed by atoms with Crippen LogP contribution in [0.4, 0.5) is 0 Å². The molecule has 1 unspecified atom stereocenters. The largest absolute Gasteiger partial charge is 0.465 e. The van der Waals surface area contributed by atoms with Crippen LogP contribution in [0.25, 0.3) is 0 Å². The van der Waals surface area contributed by atoms with Crippen LogP contribution < -0.4 is 0 Å².